The Labute approximate surface area is 112 Å². The van der Waals surface area contributed by atoms with E-state index >= 15 is 0 Å². The molecule has 0 aliphatic carbocycles. The first kappa shape index (κ1) is 13.5. The Morgan fingerprint density at radius 2 is 2.11 bits per heavy atom. The summed E-state index contributed by atoms with van der Waals surface area (Å²) in [5.41, 5.74) is 8.53. The Morgan fingerprint density at radius 3 is 2.79 bits per heavy atom. The van der Waals surface area contributed by atoms with Crippen molar-refractivity contribution >= 4 is 0 Å². The number of hydrogen-bond donors (Lipinski definition) is 1. The summed E-state index contributed by atoms with van der Waals surface area (Å²) in [6.45, 7) is 7.22. The first-order valence-corrected chi connectivity index (χ1v) is 6.38. The van der Waals surface area contributed by atoms with Crippen LogP contribution in [0.4, 0.5) is 0 Å². The lowest BCUT2D eigenvalue weighted by Crippen LogP contribution is -2.07. The lowest BCUT2D eigenvalue weighted by atomic mass is 10.1. The van der Waals surface area contributed by atoms with Crippen molar-refractivity contribution in [1.82, 2.24) is 20.0 Å². The molecule has 2 heterocycles. The lowest BCUT2D eigenvalue weighted by molar-refractivity contribution is 0.445. The Balaban J connectivity index is 2.24. The first-order valence-electron chi connectivity index (χ1n) is 6.38. The van der Waals surface area contributed by atoms with Crippen molar-refractivity contribution in [2.75, 3.05) is 0 Å². The summed E-state index contributed by atoms with van der Waals surface area (Å²) in [7, 11) is 0. The molecule has 0 amide bonds. The monoisotopic (exact) mass is 261 g/mol. The second-order valence-electron chi connectivity index (χ2n) is 4.44. The van der Waals surface area contributed by atoms with Gasteiger partial charge in [0.15, 0.2) is 5.75 Å². The maximum absolute atomic E-state index is 5.76. The fraction of sp³-hybridized carbons (Fsp3) is 0.462. The smallest absolute Gasteiger partial charge is 0.243 e. The number of nitrogens with zero attached hydrogens (tertiary/aromatic N) is 4. The maximum atomic E-state index is 5.76. The molecule has 0 unspecified atom stereocenters. The van der Waals surface area contributed by atoms with Gasteiger partial charge in [-0.1, -0.05) is 6.92 Å². The molecular weight excluding hydrogens is 242 g/mol. The highest BCUT2D eigenvalue weighted by Crippen LogP contribution is 2.25. The van der Waals surface area contributed by atoms with E-state index in [9.17, 15) is 0 Å². The Bertz CT molecular complexity index is 564. The quantitative estimate of drug-likeness (QED) is 0.890. The van der Waals surface area contributed by atoms with Gasteiger partial charge in [-0.15, -0.1) is 5.10 Å². The minimum absolute atomic E-state index is 0.376. The SMILES string of the molecule is CCCn1cc(Oc2nnc(C)c(C)c2CN)cn1. The fourth-order valence-corrected chi connectivity index (χ4v) is 1.82. The summed E-state index contributed by atoms with van der Waals surface area (Å²) in [6.07, 6.45) is 4.55. The zero-order valence-electron chi connectivity index (χ0n) is 11.6. The molecule has 0 bridgehead atoms. The van der Waals surface area contributed by atoms with Crippen LogP contribution in [0.2, 0.25) is 0 Å². The van der Waals surface area contributed by atoms with Crippen molar-refractivity contribution in [3.8, 4) is 11.6 Å². The average molecular weight is 261 g/mol. The van der Waals surface area contributed by atoms with Crippen LogP contribution in [0.1, 0.15) is 30.2 Å². The fourth-order valence-electron chi connectivity index (χ4n) is 1.82. The maximum Gasteiger partial charge on any atom is 0.243 e. The molecule has 2 aromatic heterocycles. The van der Waals surface area contributed by atoms with Gasteiger partial charge < -0.3 is 10.5 Å². The summed E-state index contributed by atoms with van der Waals surface area (Å²) in [4.78, 5) is 0. The number of nitrogens with two attached hydrogens (primary N) is 1. The molecule has 0 aliphatic rings. The summed E-state index contributed by atoms with van der Waals surface area (Å²) in [5.74, 6) is 1.11. The van der Waals surface area contributed by atoms with E-state index in [1.165, 1.54) is 0 Å². The Morgan fingerprint density at radius 1 is 1.32 bits per heavy atom. The molecule has 6 heteroatoms. The number of aryl methyl sites for hydroxylation is 2. The van der Waals surface area contributed by atoms with E-state index in [1.807, 2.05) is 24.7 Å². The van der Waals surface area contributed by atoms with Gasteiger partial charge in [0.1, 0.15) is 0 Å². The van der Waals surface area contributed by atoms with Gasteiger partial charge in [0.05, 0.1) is 18.1 Å². The third-order valence-corrected chi connectivity index (χ3v) is 3.03. The molecule has 2 aromatic rings. The van der Waals surface area contributed by atoms with Gasteiger partial charge in [-0.05, 0) is 25.8 Å². The number of rotatable bonds is 5. The zero-order valence-corrected chi connectivity index (χ0v) is 11.6. The molecule has 102 valence electrons. The van der Waals surface area contributed by atoms with Crippen LogP contribution in [-0.4, -0.2) is 20.0 Å². The van der Waals surface area contributed by atoms with Crippen LogP contribution >= 0.6 is 0 Å². The molecule has 0 aliphatic heterocycles. The van der Waals surface area contributed by atoms with Gasteiger partial charge >= 0.3 is 0 Å². The zero-order chi connectivity index (χ0) is 13.8. The molecule has 2 rings (SSSR count). The van der Waals surface area contributed by atoms with Crippen molar-refractivity contribution in [3.05, 3.63) is 29.2 Å². The van der Waals surface area contributed by atoms with Crippen LogP contribution in [0.3, 0.4) is 0 Å². The Hall–Kier alpha value is -1.95. The van der Waals surface area contributed by atoms with Crippen molar-refractivity contribution in [2.24, 2.45) is 5.73 Å². The minimum atomic E-state index is 0.376. The van der Waals surface area contributed by atoms with Crippen LogP contribution in [0.5, 0.6) is 11.6 Å². The van der Waals surface area contributed by atoms with Gasteiger partial charge in [0, 0.05) is 18.7 Å². The number of aromatic nitrogens is 4. The largest absolute Gasteiger partial charge is 0.434 e. The molecule has 2 N–H and O–H groups in total. The van der Waals surface area contributed by atoms with E-state index in [1.54, 1.807) is 6.20 Å². The average Bonchev–Trinajstić information content (AvgIpc) is 2.82. The minimum Gasteiger partial charge on any atom is -0.434 e. The predicted molar refractivity (Wildman–Crippen MR) is 72.0 cm³/mol. The highest BCUT2D eigenvalue weighted by Gasteiger charge is 2.12. The van der Waals surface area contributed by atoms with Gasteiger partial charge in [-0.2, -0.15) is 10.2 Å². The van der Waals surface area contributed by atoms with E-state index < -0.39 is 0 Å². The first-order chi connectivity index (χ1) is 9.15. The third kappa shape index (κ3) is 2.90. The topological polar surface area (TPSA) is 78.8 Å². The summed E-state index contributed by atoms with van der Waals surface area (Å²) >= 11 is 0. The van der Waals surface area contributed by atoms with Crippen LogP contribution in [-0.2, 0) is 13.1 Å². The van der Waals surface area contributed by atoms with E-state index in [2.05, 4.69) is 22.2 Å². The molecule has 0 fully saturated rings. The molecule has 0 saturated carbocycles. The third-order valence-electron chi connectivity index (χ3n) is 3.03. The van der Waals surface area contributed by atoms with Crippen molar-refractivity contribution in [2.45, 2.75) is 40.3 Å². The van der Waals surface area contributed by atoms with Crippen molar-refractivity contribution < 1.29 is 4.74 Å². The summed E-state index contributed by atoms with van der Waals surface area (Å²) in [5, 5.41) is 12.3. The standard InChI is InChI=1S/C13H19N5O/c1-4-5-18-8-11(7-15-18)19-13-12(6-14)9(2)10(3)16-17-13/h7-8H,4-6,14H2,1-3H3. The number of ether oxygens (including phenoxy) is 1. The second-order valence-corrected chi connectivity index (χ2v) is 4.44. The van der Waals surface area contributed by atoms with Crippen LogP contribution < -0.4 is 10.5 Å². The van der Waals surface area contributed by atoms with Crippen molar-refractivity contribution in [1.29, 1.82) is 0 Å². The molecule has 19 heavy (non-hydrogen) atoms. The molecule has 0 radical (unpaired) electrons. The molecule has 0 saturated heterocycles. The summed E-state index contributed by atoms with van der Waals surface area (Å²) < 4.78 is 7.57. The van der Waals surface area contributed by atoms with E-state index in [4.69, 9.17) is 10.5 Å². The lowest BCUT2D eigenvalue weighted by Gasteiger charge is -2.10. The normalized spacial score (nSPS) is 10.7. The van der Waals surface area contributed by atoms with Crippen molar-refractivity contribution in [3.63, 3.8) is 0 Å². The highest BCUT2D eigenvalue weighted by molar-refractivity contribution is 5.37. The molecule has 0 atom stereocenters. The van der Waals surface area contributed by atoms with Gasteiger partial charge in [0.2, 0.25) is 5.88 Å². The van der Waals surface area contributed by atoms with Gasteiger partial charge in [-0.3, -0.25) is 4.68 Å². The number of hydrogen-bond acceptors (Lipinski definition) is 5. The Kier molecular flexibility index (Phi) is 4.11. The van der Waals surface area contributed by atoms with Gasteiger partial charge in [-0.25, -0.2) is 0 Å². The summed E-state index contributed by atoms with van der Waals surface area (Å²) in [6, 6.07) is 0. The van der Waals surface area contributed by atoms with Crippen LogP contribution in [0.15, 0.2) is 12.4 Å². The van der Waals surface area contributed by atoms with E-state index in [0.29, 0.717) is 18.2 Å². The highest BCUT2D eigenvalue weighted by atomic mass is 16.5. The van der Waals surface area contributed by atoms with E-state index in [0.717, 1.165) is 29.8 Å². The molecular formula is C13H19N5O. The van der Waals surface area contributed by atoms with Crippen LogP contribution in [0, 0.1) is 13.8 Å². The molecule has 6 nitrogen and oxygen atoms in total. The molecule has 0 aromatic carbocycles. The van der Waals surface area contributed by atoms with E-state index in [-0.39, 0.29) is 0 Å². The predicted octanol–water partition coefficient (Wildman–Crippen LogP) is 1.95. The van der Waals surface area contributed by atoms with Crippen LogP contribution in [0.25, 0.3) is 0 Å². The molecule has 0 spiro atoms. The van der Waals surface area contributed by atoms with Gasteiger partial charge in [0.25, 0.3) is 0 Å². The second kappa shape index (κ2) is 5.79.